The number of carboxylic acid groups (broad SMARTS) is 2. The Labute approximate surface area is 222 Å². The van der Waals surface area contributed by atoms with Crippen molar-refractivity contribution < 1.29 is 34.1 Å². The summed E-state index contributed by atoms with van der Waals surface area (Å²) in [7, 11) is 3.04. The summed E-state index contributed by atoms with van der Waals surface area (Å²) in [6.45, 7) is -0.0228. The maximum atomic E-state index is 13.1. The van der Waals surface area contributed by atoms with E-state index in [0.717, 1.165) is 22.3 Å². The number of benzene rings is 3. The van der Waals surface area contributed by atoms with E-state index in [1.54, 1.807) is 18.2 Å². The molecule has 0 aliphatic carbocycles. The Balaban J connectivity index is 1.79. The zero-order chi connectivity index (χ0) is 27.5. The van der Waals surface area contributed by atoms with E-state index in [2.05, 4.69) is 5.32 Å². The van der Waals surface area contributed by atoms with Crippen molar-refractivity contribution in [2.75, 3.05) is 20.8 Å². The summed E-state index contributed by atoms with van der Waals surface area (Å²) in [6, 6.07) is 23.0. The maximum absolute atomic E-state index is 13.1. The second-order valence-corrected chi connectivity index (χ2v) is 9.06. The van der Waals surface area contributed by atoms with Crippen molar-refractivity contribution in [3.05, 3.63) is 83.9 Å². The van der Waals surface area contributed by atoms with Crippen molar-refractivity contribution in [3.8, 4) is 22.6 Å². The van der Waals surface area contributed by atoms with Gasteiger partial charge in [0.1, 0.15) is 0 Å². The number of aliphatic carboxylic acids is 2. The largest absolute Gasteiger partial charge is 0.493 e. The fourth-order valence-corrected chi connectivity index (χ4v) is 4.38. The quantitative estimate of drug-likeness (QED) is 0.288. The SMILES string of the molecule is COc1ccc(C[C@@H](C[C@H](Cc2ccc(-c3ccccc3)cc2)C(=O)NCCC(=O)O)C(=O)O)cc1OC. The molecule has 3 aromatic carbocycles. The first-order valence-electron chi connectivity index (χ1n) is 12.4. The Bertz CT molecular complexity index is 1230. The zero-order valence-electron chi connectivity index (χ0n) is 21.6. The number of nitrogens with one attached hydrogen (secondary N) is 1. The molecule has 1 amide bonds. The average Bonchev–Trinajstić information content (AvgIpc) is 2.92. The predicted octanol–water partition coefficient (Wildman–Crippen LogP) is 4.45. The average molecular weight is 520 g/mol. The summed E-state index contributed by atoms with van der Waals surface area (Å²) in [5.41, 5.74) is 3.74. The van der Waals surface area contributed by atoms with Gasteiger partial charge in [0.25, 0.3) is 0 Å². The smallest absolute Gasteiger partial charge is 0.306 e. The number of hydrogen-bond acceptors (Lipinski definition) is 5. The zero-order valence-corrected chi connectivity index (χ0v) is 21.6. The number of rotatable bonds is 14. The van der Waals surface area contributed by atoms with Gasteiger partial charge in [0.15, 0.2) is 11.5 Å². The highest BCUT2D eigenvalue weighted by atomic mass is 16.5. The van der Waals surface area contributed by atoms with Crippen molar-refractivity contribution in [1.29, 1.82) is 0 Å². The van der Waals surface area contributed by atoms with Crippen LogP contribution < -0.4 is 14.8 Å². The normalized spacial score (nSPS) is 12.3. The minimum Gasteiger partial charge on any atom is -0.493 e. The number of hydrogen-bond donors (Lipinski definition) is 3. The van der Waals surface area contributed by atoms with Gasteiger partial charge >= 0.3 is 11.9 Å². The molecule has 0 spiro atoms. The third kappa shape index (κ3) is 8.09. The fourth-order valence-electron chi connectivity index (χ4n) is 4.38. The van der Waals surface area contributed by atoms with Gasteiger partial charge in [-0.1, -0.05) is 60.7 Å². The highest BCUT2D eigenvalue weighted by Crippen LogP contribution is 2.30. The number of carbonyl (C=O) groups is 3. The number of carbonyl (C=O) groups excluding carboxylic acids is 1. The number of methoxy groups -OCH3 is 2. The molecule has 2 atom stereocenters. The third-order valence-corrected chi connectivity index (χ3v) is 6.40. The van der Waals surface area contributed by atoms with E-state index in [1.807, 2.05) is 54.6 Å². The molecule has 3 rings (SSSR count). The van der Waals surface area contributed by atoms with Crippen LogP contribution in [0.3, 0.4) is 0 Å². The van der Waals surface area contributed by atoms with Crippen molar-refractivity contribution >= 4 is 17.8 Å². The molecule has 8 heteroatoms. The molecule has 0 heterocycles. The van der Waals surface area contributed by atoms with Crippen LogP contribution in [0.5, 0.6) is 11.5 Å². The van der Waals surface area contributed by atoms with Gasteiger partial charge < -0.3 is 25.0 Å². The van der Waals surface area contributed by atoms with Crippen LogP contribution in [-0.2, 0) is 27.2 Å². The lowest BCUT2D eigenvalue weighted by atomic mass is 9.85. The fraction of sp³-hybridized carbons (Fsp3) is 0.300. The van der Waals surface area contributed by atoms with Gasteiger partial charge in [-0.05, 0) is 53.6 Å². The molecule has 3 aromatic rings. The van der Waals surface area contributed by atoms with Crippen LogP contribution in [0.15, 0.2) is 72.8 Å². The highest BCUT2D eigenvalue weighted by molar-refractivity contribution is 5.81. The van der Waals surface area contributed by atoms with Crippen LogP contribution in [0.2, 0.25) is 0 Å². The third-order valence-electron chi connectivity index (χ3n) is 6.40. The summed E-state index contributed by atoms with van der Waals surface area (Å²) >= 11 is 0. The van der Waals surface area contributed by atoms with E-state index in [1.165, 1.54) is 14.2 Å². The van der Waals surface area contributed by atoms with Crippen molar-refractivity contribution in [2.45, 2.75) is 25.7 Å². The monoisotopic (exact) mass is 519 g/mol. The van der Waals surface area contributed by atoms with Gasteiger partial charge in [0, 0.05) is 12.5 Å². The van der Waals surface area contributed by atoms with Crippen LogP contribution in [0.25, 0.3) is 11.1 Å². The molecule has 3 N–H and O–H groups in total. The first-order chi connectivity index (χ1) is 18.3. The molecule has 0 aliphatic rings. The molecule has 8 nitrogen and oxygen atoms in total. The van der Waals surface area contributed by atoms with Gasteiger partial charge in [0.2, 0.25) is 5.91 Å². The summed E-state index contributed by atoms with van der Waals surface area (Å²) in [5, 5.41) is 21.6. The minimum atomic E-state index is -1.02. The van der Waals surface area contributed by atoms with Gasteiger partial charge in [-0.3, -0.25) is 14.4 Å². The number of carboxylic acids is 2. The number of amides is 1. The Kier molecular flexibility index (Phi) is 10.3. The Hall–Kier alpha value is -4.33. The second-order valence-electron chi connectivity index (χ2n) is 9.06. The van der Waals surface area contributed by atoms with Crippen molar-refractivity contribution in [3.63, 3.8) is 0 Å². The van der Waals surface area contributed by atoms with Crippen LogP contribution in [0.1, 0.15) is 24.0 Å². The molecule has 200 valence electrons. The van der Waals surface area contributed by atoms with E-state index in [-0.39, 0.29) is 31.7 Å². The summed E-state index contributed by atoms with van der Waals surface area (Å²) in [6.07, 6.45) is 0.395. The van der Waals surface area contributed by atoms with Crippen molar-refractivity contribution in [2.24, 2.45) is 11.8 Å². The molecule has 0 unspecified atom stereocenters. The molecule has 0 saturated carbocycles. The Morgan fingerprint density at radius 1 is 0.763 bits per heavy atom. The van der Waals surface area contributed by atoms with Gasteiger partial charge in [-0.25, -0.2) is 0 Å². The molecule has 0 bridgehead atoms. The van der Waals surface area contributed by atoms with Gasteiger partial charge in [0.05, 0.1) is 26.6 Å². The van der Waals surface area contributed by atoms with E-state index >= 15 is 0 Å². The van der Waals surface area contributed by atoms with E-state index in [0.29, 0.717) is 17.9 Å². The standard InChI is InChI=1S/C30H33NO7/c1-37-26-13-10-21(18-27(26)38-2)17-25(30(35)36)19-24(29(34)31-15-14-28(32)33)16-20-8-11-23(12-9-20)22-6-4-3-5-7-22/h3-13,18,24-25H,14-17,19H2,1-2H3,(H,31,34)(H,32,33)(H,35,36)/t24-,25-/m0/s1. The molecule has 0 saturated heterocycles. The van der Waals surface area contributed by atoms with Crippen LogP contribution in [0.4, 0.5) is 0 Å². The van der Waals surface area contributed by atoms with Crippen molar-refractivity contribution in [1.82, 2.24) is 5.32 Å². The summed E-state index contributed by atoms with van der Waals surface area (Å²) in [4.78, 5) is 36.2. The minimum absolute atomic E-state index is 0.0228. The molecule has 0 aliphatic heterocycles. The summed E-state index contributed by atoms with van der Waals surface area (Å²) < 4.78 is 10.6. The molecular formula is C30H33NO7. The van der Waals surface area contributed by atoms with E-state index in [4.69, 9.17) is 14.6 Å². The maximum Gasteiger partial charge on any atom is 0.306 e. The van der Waals surface area contributed by atoms with Gasteiger partial charge in [-0.2, -0.15) is 0 Å². The Morgan fingerprint density at radius 2 is 1.37 bits per heavy atom. The van der Waals surface area contributed by atoms with Crippen LogP contribution in [0, 0.1) is 11.8 Å². The molecule has 0 aromatic heterocycles. The molecular weight excluding hydrogens is 486 g/mol. The predicted molar refractivity (Wildman–Crippen MR) is 143 cm³/mol. The van der Waals surface area contributed by atoms with Crippen LogP contribution >= 0.6 is 0 Å². The number of ether oxygens (including phenoxy) is 2. The second kappa shape index (κ2) is 13.8. The van der Waals surface area contributed by atoms with E-state index < -0.39 is 23.8 Å². The lowest BCUT2D eigenvalue weighted by molar-refractivity contribution is -0.142. The Morgan fingerprint density at radius 3 is 1.97 bits per heavy atom. The first kappa shape index (κ1) is 28.2. The topological polar surface area (TPSA) is 122 Å². The van der Waals surface area contributed by atoms with Gasteiger partial charge in [-0.15, -0.1) is 0 Å². The lowest BCUT2D eigenvalue weighted by Gasteiger charge is -2.21. The highest BCUT2D eigenvalue weighted by Gasteiger charge is 2.28. The molecule has 0 fully saturated rings. The lowest BCUT2D eigenvalue weighted by Crippen LogP contribution is -2.36. The molecule has 0 radical (unpaired) electrons. The van der Waals surface area contributed by atoms with Crippen LogP contribution in [-0.4, -0.2) is 48.8 Å². The first-order valence-corrected chi connectivity index (χ1v) is 12.4. The molecule has 38 heavy (non-hydrogen) atoms. The summed E-state index contributed by atoms with van der Waals surface area (Å²) in [5.74, 6) is -2.86. The van der Waals surface area contributed by atoms with E-state index in [9.17, 15) is 19.5 Å².